The van der Waals surface area contributed by atoms with E-state index in [4.69, 9.17) is 4.42 Å². The predicted molar refractivity (Wildman–Crippen MR) is 105 cm³/mol. The lowest BCUT2D eigenvalue weighted by Gasteiger charge is -2.33. The summed E-state index contributed by atoms with van der Waals surface area (Å²) in [4.78, 5) is 32.2. The fraction of sp³-hybridized carbons (Fsp3) is 0.450. The minimum Gasteiger partial charge on any atom is -0.480 e. The number of halogens is 1. The summed E-state index contributed by atoms with van der Waals surface area (Å²) < 4.78 is 6.94. The quantitative estimate of drug-likeness (QED) is 0.773. The van der Waals surface area contributed by atoms with E-state index < -0.39 is 12.0 Å². The lowest BCUT2D eigenvalue weighted by atomic mass is 10.0. The van der Waals surface area contributed by atoms with E-state index in [1.807, 2.05) is 25.1 Å². The molecule has 28 heavy (non-hydrogen) atoms. The molecule has 0 spiro atoms. The number of carboxylic acid groups (broad SMARTS) is 1. The Labute approximate surface area is 171 Å². The van der Waals surface area contributed by atoms with Gasteiger partial charge in [-0.1, -0.05) is 28.4 Å². The maximum Gasteiger partial charge on any atom is 0.320 e. The van der Waals surface area contributed by atoms with Gasteiger partial charge in [-0.3, -0.25) is 14.5 Å². The van der Waals surface area contributed by atoms with E-state index in [-0.39, 0.29) is 12.5 Å². The maximum absolute atomic E-state index is 12.7. The second-order valence-corrected chi connectivity index (χ2v) is 8.23. The number of nitrogens with zero attached hydrogens (tertiary/aromatic N) is 3. The van der Waals surface area contributed by atoms with Crippen LogP contribution in [-0.4, -0.2) is 50.9 Å². The second kappa shape index (κ2) is 7.67. The van der Waals surface area contributed by atoms with Gasteiger partial charge in [-0.05, 0) is 44.0 Å². The number of fused-ring (bicyclic) bond motifs is 1. The van der Waals surface area contributed by atoms with Crippen LogP contribution in [0.4, 0.5) is 0 Å². The Balaban J connectivity index is 1.44. The predicted octanol–water partition coefficient (Wildman–Crippen LogP) is 3.19. The Kier molecular flexibility index (Phi) is 5.25. The Morgan fingerprint density at radius 1 is 1.32 bits per heavy atom. The highest BCUT2D eigenvalue weighted by Gasteiger charge is 2.34. The topological polar surface area (TPSA) is 86.9 Å². The SMILES string of the molecule is Cc1c(Br)cccc1-c1nc2c(o1)CN(C(=O)CN1CCCC[C@H]1C(=O)O)C2. The molecule has 2 aliphatic rings. The largest absolute Gasteiger partial charge is 0.480 e. The van der Waals surface area contributed by atoms with Gasteiger partial charge in [-0.2, -0.15) is 0 Å². The Morgan fingerprint density at radius 3 is 2.89 bits per heavy atom. The van der Waals surface area contributed by atoms with Gasteiger partial charge in [-0.25, -0.2) is 4.98 Å². The fourth-order valence-electron chi connectivity index (χ4n) is 3.90. The van der Waals surface area contributed by atoms with Crippen LogP contribution in [0.3, 0.4) is 0 Å². The Hall–Kier alpha value is -2.19. The highest BCUT2D eigenvalue weighted by atomic mass is 79.9. The van der Waals surface area contributed by atoms with Crippen molar-refractivity contribution >= 4 is 27.8 Å². The summed E-state index contributed by atoms with van der Waals surface area (Å²) in [5, 5.41) is 9.38. The zero-order chi connectivity index (χ0) is 19.8. The summed E-state index contributed by atoms with van der Waals surface area (Å²) in [6.45, 7) is 3.54. The normalized spacial score (nSPS) is 19.6. The monoisotopic (exact) mass is 447 g/mol. The standard InChI is InChI=1S/C20H22BrN3O4/c1-12-13(5-4-6-14(12)21)19-22-15-9-24(10-17(15)28-19)18(25)11-23-8-3-2-7-16(23)20(26)27/h4-6,16H,2-3,7-11H2,1H3,(H,26,27)/t16-/m0/s1. The number of aliphatic carboxylic acids is 1. The third-order valence-corrected chi connectivity index (χ3v) is 6.40. The molecule has 1 fully saturated rings. The van der Waals surface area contributed by atoms with E-state index >= 15 is 0 Å². The summed E-state index contributed by atoms with van der Waals surface area (Å²) in [5.74, 6) is 0.340. The molecule has 1 saturated heterocycles. The van der Waals surface area contributed by atoms with Crippen LogP contribution in [0.1, 0.15) is 36.3 Å². The van der Waals surface area contributed by atoms with Crippen LogP contribution in [0.15, 0.2) is 27.1 Å². The molecule has 0 saturated carbocycles. The molecular weight excluding hydrogens is 426 g/mol. The number of likely N-dealkylation sites (tertiary alicyclic amines) is 1. The first kappa shape index (κ1) is 19.1. The van der Waals surface area contributed by atoms with Crippen LogP contribution in [0, 0.1) is 6.92 Å². The Morgan fingerprint density at radius 2 is 2.14 bits per heavy atom. The first-order valence-electron chi connectivity index (χ1n) is 9.42. The van der Waals surface area contributed by atoms with Crippen LogP contribution >= 0.6 is 15.9 Å². The number of carbonyl (C=O) groups excluding carboxylic acids is 1. The molecule has 8 heteroatoms. The highest BCUT2D eigenvalue weighted by Crippen LogP contribution is 2.32. The number of oxazole rings is 1. The average molecular weight is 448 g/mol. The van der Waals surface area contributed by atoms with E-state index in [9.17, 15) is 14.7 Å². The number of piperidine rings is 1. The number of rotatable bonds is 4. The minimum atomic E-state index is -0.850. The maximum atomic E-state index is 12.7. The summed E-state index contributed by atoms with van der Waals surface area (Å²) >= 11 is 3.52. The number of aromatic nitrogens is 1. The molecule has 148 valence electrons. The van der Waals surface area contributed by atoms with Crippen molar-refractivity contribution < 1.29 is 19.1 Å². The molecular formula is C20H22BrN3O4. The molecule has 2 aliphatic heterocycles. The van der Waals surface area contributed by atoms with Crippen molar-refractivity contribution in [2.75, 3.05) is 13.1 Å². The summed E-state index contributed by atoms with van der Waals surface area (Å²) in [7, 11) is 0. The molecule has 1 aromatic heterocycles. The van der Waals surface area contributed by atoms with Crippen molar-refractivity contribution in [3.63, 3.8) is 0 Å². The van der Waals surface area contributed by atoms with E-state index in [0.717, 1.165) is 34.1 Å². The van der Waals surface area contributed by atoms with E-state index in [0.29, 0.717) is 37.7 Å². The van der Waals surface area contributed by atoms with E-state index in [1.165, 1.54) is 0 Å². The van der Waals surface area contributed by atoms with Crippen LogP contribution in [0.25, 0.3) is 11.5 Å². The van der Waals surface area contributed by atoms with Crippen molar-refractivity contribution in [2.45, 2.75) is 45.3 Å². The van der Waals surface area contributed by atoms with Gasteiger partial charge in [-0.15, -0.1) is 0 Å². The molecule has 0 aliphatic carbocycles. The van der Waals surface area contributed by atoms with Gasteiger partial charge in [0, 0.05) is 10.0 Å². The molecule has 1 N–H and O–H groups in total. The number of benzene rings is 1. The van der Waals surface area contributed by atoms with Crippen molar-refractivity contribution in [1.29, 1.82) is 0 Å². The van der Waals surface area contributed by atoms with Crippen molar-refractivity contribution in [2.24, 2.45) is 0 Å². The second-order valence-electron chi connectivity index (χ2n) is 7.37. The number of amides is 1. The highest BCUT2D eigenvalue weighted by molar-refractivity contribution is 9.10. The summed E-state index contributed by atoms with van der Waals surface area (Å²) in [6, 6.07) is 5.31. The molecule has 3 heterocycles. The third kappa shape index (κ3) is 3.58. The third-order valence-electron chi connectivity index (χ3n) is 5.54. The zero-order valence-electron chi connectivity index (χ0n) is 15.7. The summed E-state index contributed by atoms with van der Waals surface area (Å²) in [6.07, 6.45) is 2.41. The summed E-state index contributed by atoms with van der Waals surface area (Å²) in [5.41, 5.74) is 2.76. The van der Waals surface area contributed by atoms with Crippen molar-refractivity contribution in [1.82, 2.24) is 14.8 Å². The molecule has 1 aromatic carbocycles. The van der Waals surface area contributed by atoms with Gasteiger partial charge in [0.25, 0.3) is 0 Å². The van der Waals surface area contributed by atoms with Gasteiger partial charge in [0.2, 0.25) is 11.8 Å². The molecule has 0 radical (unpaired) electrons. The average Bonchev–Trinajstić information content (AvgIpc) is 3.23. The van der Waals surface area contributed by atoms with Gasteiger partial charge < -0.3 is 14.4 Å². The van der Waals surface area contributed by atoms with Crippen LogP contribution < -0.4 is 0 Å². The first-order valence-corrected chi connectivity index (χ1v) is 10.2. The number of hydrogen-bond acceptors (Lipinski definition) is 5. The van der Waals surface area contributed by atoms with Crippen LogP contribution in [0.2, 0.25) is 0 Å². The number of hydrogen-bond donors (Lipinski definition) is 1. The number of carbonyl (C=O) groups is 2. The van der Waals surface area contributed by atoms with Crippen LogP contribution in [-0.2, 0) is 22.7 Å². The molecule has 0 unspecified atom stereocenters. The van der Waals surface area contributed by atoms with Gasteiger partial charge in [0.15, 0.2) is 0 Å². The van der Waals surface area contributed by atoms with Crippen LogP contribution in [0.5, 0.6) is 0 Å². The number of carboxylic acids is 1. The first-order chi connectivity index (χ1) is 13.4. The molecule has 0 bridgehead atoms. The van der Waals surface area contributed by atoms with Crippen molar-refractivity contribution in [3.8, 4) is 11.5 Å². The van der Waals surface area contributed by atoms with Gasteiger partial charge in [0.05, 0.1) is 19.6 Å². The lowest BCUT2D eigenvalue weighted by molar-refractivity contribution is -0.146. The minimum absolute atomic E-state index is 0.0819. The molecule has 1 amide bonds. The lowest BCUT2D eigenvalue weighted by Crippen LogP contribution is -2.49. The van der Waals surface area contributed by atoms with Crippen molar-refractivity contribution in [3.05, 3.63) is 39.7 Å². The molecule has 7 nitrogen and oxygen atoms in total. The Bertz CT molecular complexity index is 903. The van der Waals surface area contributed by atoms with Gasteiger partial charge in [0.1, 0.15) is 17.5 Å². The molecule has 4 rings (SSSR count). The smallest absolute Gasteiger partial charge is 0.320 e. The molecule has 1 atom stereocenters. The van der Waals surface area contributed by atoms with E-state index in [2.05, 4.69) is 20.9 Å². The molecule has 2 aromatic rings. The fourth-order valence-corrected chi connectivity index (χ4v) is 4.27. The van der Waals surface area contributed by atoms with Gasteiger partial charge >= 0.3 is 5.97 Å². The van der Waals surface area contributed by atoms with E-state index in [1.54, 1.807) is 9.80 Å². The zero-order valence-corrected chi connectivity index (χ0v) is 17.2.